The number of amides is 1. The Bertz CT molecular complexity index is 324. The fraction of sp³-hybridized carbons (Fsp3) is 0.857. The molecular weight excluding hydrogens is 251 g/mol. The Kier molecular flexibility index (Phi) is 8.39. The normalized spacial score (nSPS) is 10.7. The number of phosphoric ester groups is 1. The van der Waals surface area contributed by atoms with Gasteiger partial charge in [0.05, 0.1) is 6.61 Å². The molecule has 0 aromatic carbocycles. The van der Waals surface area contributed by atoms with E-state index in [0.717, 1.165) is 0 Å². The first kappa shape index (κ1) is 15.9. The summed E-state index contributed by atoms with van der Waals surface area (Å²) in [5, 5.41) is 5.81. The van der Waals surface area contributed by atoms with Gasteiger partial charge in [0.2, 0.25) is 5.91 Å². The van der Waals surface area contributed by atoms with Crippen LogP contribution in [0.4, 0.5) is 0 Å². The molecule has 9 nitrogen and oxygen atoms in total. The highest BCUT2D eigenvalue weighted by molar-refractivity contribution is 7.46. The molecule has 0 heterocycles. The van der Waals surface area contributed by atoms with Crippen LogP contribution in [0.15, 0.2) is 5.11 Å². The highest BCUT2D eigenvalue weighted by Crippen LogP contribution is 2.35. The van der Waals surface area contributed by atoms with E-state index >= 15 is 0 Å². The van der Waals surface area contributed by atoms with Crippen LogP contribution in [0.3, 0.4) is 0 Å². The van der Waals surface area contributed by atoms with Gasteiger partial charge in [-0.05, 0) is 18.4 Å². The van der Waals surface area contributed by atoms with Crippen molar-refractivity contribution in [1.82, 2.24) is 5.32 Å². The Morgan fingerprint density at radius 3 is 2.76 bits per heavy atom. The van der Waals surface area contributed by atoms with Gasteiger partial charge >= 0.3 is 7.82 Å². The monoisotopic (exact) mass is 266 g/mol. The van der Waals surface area contributed by atoms with Gasteiger partial charge in [-0.25, -0.2) is 4.57 Å². The van der Waals surface area contributed by atoms with Crippen molar-refractivity contribution < 1.29 is 23.7 Å². The molecule has 0 radical (unpaired) electrons. The lowest BCUT2D eigenvalue weighted by Crippen LogP contribution is -2.24. The van der Waals surface area contributed by atoms with Crippen molar-refractivity contribution in [3.8, 4) is 0 Å². The van der Waals surface area contributed by atoms with Crippen LogP contribution in [-0.4, -0.2) is 35.4 Å². The Morgan fingerprint density at radius 1 is 1.47 bits per heavy atom. The number of hydrogen-bond donors (Lipinski definition) is 3. The average molecular weight is 266 g/mol. The maximum absolute atomic E-state index is 11.1. The molecule has 98 valence electrons. The van der Waals surface area contributed by atoms with Gasteiger partial charge in [-0.1, -0.05) is 5.11 Å². The molecule has 0 saturated carbocycles. The third-order valence-corrected chi connectivity index (χ3v) is 2.15. The zero-order valence-corrected chi connectivity index (χ0v) is 10.0. The van der Waals surface area contributed by atoms with Gasteiger partial charge in [-0.3, -0.25) is 9.32 Å². The maximum atomic E-state index is 11.1. The van der Waals surface area contributed by atoms with E-state index in [-0.39, 0.29) is 32.0 Å². The van der Waals surface area contributed by atoms with Gasteiger partial charge in [0.15, 0.2) is 0 Å². The number of carbonyl (C=O) groups excluding carboxylic acids is 1. The lowest BCUT2D eigenvalue weighted by atomic mass is 10.3. The lowest BCUT2D eigenvalue weighted by Gasteiger charge is -2.06. The fourth-order valence-corrected chi connectivity index (χ4v) is 1.29. The van der Waals surface area contributed by atoms with Crippen molar-refractivity contribution >= 4 is 13.7 Å². The third-order valence-electron chi connectivity index (χ3n) is 1.63. The number of rotatable bonds is 9. The summed E-state index contributed by atoms with van der Waals surface area (Å²) in [5.41, 5.74) is 7.98. The number of nitrogens with one attached hydrogen (secondary N) is 1. The van der Waals surface area contributed by atoms with Crippen molar-refractivity contribution in [2.75, 3.05) is 19.7 Å². The molecule has 0 bridgehead atoms. The second kappa shape index (κ2) is 8.98. The molecular formula is C7H15N4O5P. The minimum Gasteiger partial charge on any atom is -0.356 e. The maximum Gasteiger partial charge on any atom is 0.469 e. The van der Waals surface area contributed by atoms with Gasteiger partial charge < -0.3 is 15.1 Å². The number of phosphoric acid groups is 1. The molecule has 0 rings (SSSR count). The summed E-state index contributed by atoms with van der Waals surface area (Å²) in [5.74, 6) is -0.200. The smallest absolute Gasteiger partial charge is 0.356 e. The van der Waals surface area contributed by atoms with Crippen LogP contribution in [0, 0.1) is 0 Å². The highest BCUT2D eigenvalue weighted by Gasteiger charge is 2.12. The van der Waals surface area contributed by atoms with E-state index in [4.69, 9.17) is 15.3 Å². The molecule has 0 saturated heterocycles. The van der Waals surface area contributed by atoms with Gasteiger partial charge in [-0.2, -0.15) is 0 Å². The predicted octanol–water partition coefficient (Wildman–Crippen LogP) is 0.692. The van der Waals surface area contributed by atoms with Crippen molar-refractivity contribution in [3.63, 3.8) is 0 Å². The van der Waals surface area contributed by atoms with E-state index in [2.05, 4.69) is 19.9 Å². The molecule has 0 atom stereocenters. The van der Waals surface area contributed by atoms with Gasteiger partial charge in [0, 0.05) is 24.4 Å². The van der Waals surface area contributed by atoms with E-state index in [9.17, 15) is 9.36 Å². The number of azide groups is 1. The Morgan fingerprint density at radius 2 is 2.18 bits per heavy atom. The number of carbonyl (C=O) groups is 1. The second-order valence-electron chi connectivity index (χ2n) is 3.09. The minimum atomic E-state index is -4.41. The zero-order chi connectivity index (χ0) is 13.1. The Labute approximate surface area is 98.0 Å². The number of hydrogen-bond acceptors (Lipinski definition) is 4. The topological polar surface area (TPSA) is 145 Å². The Balaban J connectivity index is 3.39. The van der Waals surface area contributed by atoms with Gasteiger partial charge in [-0.15, -0.1) is 0 Å². The lowest BCUT2D eigenvalue weighted by molar-refractivity contribution is -0.121. The first-order valence-electron chi connectivity index (χ1n) is 4.93. The minimum absolute atomic E-state index is 0.122. The molecule has 0 aromatic rings. The van der Waals surface area contributed by atoms with Gasteiger partial charge in [0.1, 0.15) is 0 Å². The molecule has 0 aliphatic carbocycles. The van der Waals surface area contributed by atoms with Crippen molar-refractivity contribution in [2.24, 2.45) is 5.11 Å². The molecule has 3 N–H and O–H groups in total. The summed E-state index contributed by atoms with van der Waals surface area (Å²) >= 11 is 0. The van der Waals surface area contributed by atoms with Gasteiger partial charge in [0.25, 0.3) is 0 Å². The van der Waals surface area contributed by atoms with E-state index in [1.54, 1.807) is 0 Å². The summed E-state index contributed by atoms with van der Waals surface area (Å²) in [6.07, 6.45) is 1.03. The summed E-state index contributed by atoms with van der Waals surface area (Å²) in [6.45, 7) is 0.425. The van der Waals surface area contributed by atoms with E-state index in [0.29, 0.717) is 12.8 Å². The summed E-state index contributed by atoms with van der Waals surface area (Å²) in [4.78, 5) is 30.4. The van der Waals surface area contributed by atoms with Crippen LogP contribution >= 0.6 is 7.82 Å². The van der Waals surface area contributed by atoms with Crippen LogP contribution < -0.4 is 5.32 Å². The van der Waals surface area contributed by atoms with Crippen molar-refractivity contribution in [2.45, 2.75) is 19.3 Å². The summed E-state index contributed by atoms with van der Waals surface area (Å²) in [6, 6.07) is 0. The van der Waals surface area contributed by atoms with Crippen molar-refractivity contribution in [3.05, 3.63) is 10.4 Å². The summed E-state index contributed by atoms with van der Waals surface area (Å²) < 4.78 is 14.5. The van der Waals surface area contributed by atoms with E-state index in [1.165, 1.54) is 0 Å². The molecule has 0 spiro atoms. The number of nitrogens with zero attached hydrogens (tertiary/aromatic N) is 3. The highest BCUT2D eigenvalue weighted by atomic mass is 31.2. The largest absolute Gasteiger partial charge is 0.469 e. The van der Waals surface area contributed by atoms with Crippen LogP contribution in [0.1, 0.15) is 19.3 Å². The molecule has 0 fully saturated rings. The first-order valence-corrected chi connectivity index (χ1v) is 6.46. The van der Waals surface area contributed by atoms with Crippen LogP contribution in [-0.2, 0) is 13.9 Å². The zero-order valence-electron chi connectivity index (χ0n) is 9.15. The van der Waals surface area contributed by atoms with E-state index in [1.807, 2.05) is 0 Å². The SMILES string of the molecule is [N-]=[N+]=NCCCC(=O)NCCCOP(=O)(O)O. The molecule has 17 heavy (non-hydrogen) atoms. The quantitative estimate of drug-likeness (QED) is 0.185. The molecule has 1 amide bonds. The summed E-state index contributed by atoms with van der Waals surface area (Å²) in [7, 11) is -4.41. The average Bonchev–Trinajstić information content (AvgIpc) is 2.22. The third kappa shape index (κ3) is 12.8. The standard InChI is InChI=1S/C7H15N4O5P/c8-11-10-5-1-3-7(12)9-4-2-6-16-17(13,14)15/h1-6H2,(H,9,12)(H2,13,14,15). The Hall–Kier alpha value is -1.11. The van der Waals surface area contributed by atoms with Crippen LogP contribution in [0.2, 0.25) is 0 Å². The fourth-order valence-electron chi connectivity index (χ4n) is 0.927. The van der Waals surface area contributed by atoms with Crippen molar-refractivity contribution in [1.29, 1.82) is 0 Å². The molecule has 10 heteroatoms. The molecule has 0 aliphatic heterocycles. The molecule has 0 aliphatic rings. The van der Waals surface area contributed by atoms with E-state index < -0.39 is 7.82 Å². The second-order valence-corrected chi connectivity index (χ2v) is 4.32. The first-order chi connectivity index (χ1) is 7.95. The van der Waals surface area contributed by atoms with Crippen LogP contribution in [0.25, 0.3) is 10.4 Å². The predicted molar refractivity (Wildman–Crippen MR) is 58.9 cm³/mol. The molecule has 0 unspecified atom stereocenters. The van der Waals surface area contributed by atoms with Crippen LogP contribution in [0.5, 0.6) is 0 Å². The molecule has 0 aromatic heterocycles.